The first-order chi connectivity index (χ1) is 15.3. The fourth-order valence-corrected chi connectivity index (χ4v) is 5.59. The third-order valence-corrected chi connectivity index (χ3v) is 7.90. The minimum atomic E-state index is -1.47. The first-order valence-electron chi connectivity index (χ1n) is 11.0. The lowest BCUT2D eigenvalue weighted by molar-refractivity contribution is -0.164. The van der Waals surface area contributed by atoms with Crippen LogP contribution in [0, 0.1) is 6.92 Å². The second-order valence-corrected chi connectivity index (χ2v) is 12.0. The minimum Gasteiger partial charge on any atom is -0.458 e. The van der Waals surface area contributed by atoms with Crippen LogP contribution in [0.5, 0.6) is 0 Å². The normalized spacial score (nSPS) is 12.4. The van der Waals surface area contributed by atoms with Crippen molar-refractivity contribution in [2.24, 2.45) is 0 Å². The monoisotopic (exact) mass is 534 g/mol. The van der Waals surface area contributed by atoms with E-state index < -0.39 is 28.4 Å². The van der Waals surface area contributed by atoms with E-state index in [0.29, 0.717) is 23.2 Å². The van der Waals surface area contributed by atoms with Gasteiger partial charge in [0.25, 0.3) is 5.56 Å². The van der Waals surface area contributed by atoms with Gasteiger partial charge in [0.15, 0.2) is 0 Å². The van der Waals surface area contributed by atoms with Gasteiger partial charge in [-0.25, -0.2) is 14.2 Å². The molecule has 0 bridgehead atoms. The first kappa shape index (κ1) is 25.4. The van der Waals surface area contributed by atoms with Gasteiger partial charge >= 0.3 is 11.7 Å². The lowest BCUT2D eigenvalue weighted by Gasteiger charge is -2.30. The zero-order chi connectivity index (χ0) is 24.7. The van der Waals surface area contributed by atoms with Crippen LogP contribution in [-0.4, -0.2) is 20.7 Å². The van der Waals surface area contributed by atoms with Crippen molar-refractivity contribution >= 4 is 43.5 Å². The molecule has 0 aliphatic heterocycles. The zero-order valence-electron chi connectivity index (χ0n) is 20.2. The lowest BCUT2D eigenvalue weighted by Crippen LogP contribution is -2.54. The average molecular weight is 536 g/mol. The van der Waals surface area contributed by atoms with Gasteiger partial charge in [0, 0.05) is 6.54 Å². The maximum absolute atomic E-state index is 13.7. The summed E-state index contributed by atoms with van der Waals surface area (Å²) in [6.07, 6.45) is 1.54. The molecular formula is C25H31BrN2O4S. The number of hydrogen-bond donors (Lipinski definition) is 0. The van der Waals surface area contributed by atoms with Gasteiger partial charge < -0.3 is 4.74 Å². The van der Waals surface area contributed by atoms with Gasteiger partial charge in [0.2, 0.25) is 0 Å². The molecule has 0 saturated heterocycles. The second-order valence-electron chi connectivity index (χ2n) is 9.69. The summed E-state index contributed by atoms with van der Waals surface area (Å²) >= 11 is 4.89. The van der Waals surface area contributed by atoms with E-state index in [4.69, 9.17) is 4.74 Å². The van der Waals surface area contributed by atoms with Gasteiger partial charge in [-0.15, -0.1) is 11.3 Å². The van der Waals surface area contributed by atoms with E-state index in [1.54, 1.807) is 39.2 Å². The fourth-order valence-electron chi connectivity index (χ4n) is 3.88. The fraction of sp³-hybridized carbons (Fsp3) is 0.480. The van der Waals surface area contributed by atoms with Crippen LogP contribution in [0.4, 0.5) is 0 Å². The summed E-state index contributed by atoms with van der Waals surface area (Å²) in [5.41, 5.74) is -0.0476. The SMILES string of the molecule is CCc1ccccc1CCn1c(=O)n(C(C)(C)C(=O)OC(C)(C)C)c(=O)c2c(C)c(Br)sc21. The number of hydrogen-bond acceptors (Lipinski definition) is 5. The minimum absolute atomic E-state index is 0.392. The highest BCUT2D eigenvalue weighted by Crippen LogP contribution is 2.33. The summed E-state index contributed by atoms with van der Waals surface area (Å²) < 4.78 is 9.04. The molecule has 0 fully saturated rings. The molecule has 0 N–H and O–H groups in total. The first-order valence-corrected chi connectivity index (χ1v) is 12.7. The molecule has 33 heavy (non-hydrogen) atoms. The van der Waals surface area contributed by atoms with Crippen molar-refractivity contribution in [2.75, 3.05) is 0 Å². The van der Waals surface area contributed by atoms with E-state index in [-0.39, 0.29) is 0 Å². The van der Waals surface area contributed by atoms with E-state index in [1.807, 2.05) is 19.1 Å². The van der Waals surface area contributed by atoms with E-state index >= 15 is 0 Å². The maximum Gasteiger partial charge on any atom is 0.333 e. The Morgan fingerprint density at radius 1 is 1.09 bits per heavy atom. The summed E-state index contributed by atoms with van der Waals surface area (Å²) in [5.74, 6) is -0.622. The molecule has 0 unspecified atom stereocenters. The van der Waals surface area contributed by atoms with Crippen molar-refractivity contribution in [3.63, 3.8) is 0 Å². The van der Waals surface area contributed by atoms with Crippen molar-refractivity contribution in [1.29, 1.82) is 0 Å². The summed E-state index contributed by atoms with van der Waals surface area (Å²) in [4.78, 5) is 40.9. The number of rotatable bonds is 6. The molecule has 0 aliphatic rings. The largest absolute Gasteiger partial charge is 0.458 e. The molecule has 1 aromatic carbocycles. The predicted molar refractivity (Wildman–Crippen MR) is 137 cm³/mol. The summed E-state index contributed by atoms with van der Waals surface area (Å²) in [5, 5.41) is 0.451. The second kappa shape index (κ2) is 9.22. The van der Waals surface area contributed by atoms with Crippen LogP contribution in [-0.2, 0) is 34.5 Å². The Labute approximate surface area is 206 Å². The number of aryl methyl sites for hydroxylation is 4. The number of ether oxygens (including phenoxy) is 1. The van der Waals surface area contributed by atoms with E-state index in [2.05, 4.69) is 35.0 Å². The number of fused-ring (bicyclic) bond motifs is 1. The Morgan fingerprint density at radius 2 is 1.70 bits per heavy atom. The topological polar surface area (TPSA) is 70.3 Å². The van der Waals surface area contributed by atoms with Crippen LogP contribution >= 0.6 is 27.3 Å². The molecule has 0 atom stereocenters. The third kappa shape index (κ3) is 4.87. The molecule has 0 radical (unpaired) electrons. The van der Waals surface area contributed by atoms with Gasteiger partial charge in [-0.05, 0) is 87.0 Å². The highest BCUT2D eigenvalue weighted by atomic mass is 79.9. The summed E-state index contributed by atoms with van der Waals surface area (Å²) in [7, 11) is 0. The van der Waals surface area contributed by atoms with Crippen LogP contribution in [0.25, 0.3) is 10.2 Å². The van der Waals surface area contributed by atoms with Gasteiger partial charge in [-0.3, -0.25) is 9.36 Å². The van der Waals surface area contributed by atoms with Gasteiger partial charge in [-0.2, -0.15) is 0 Å². The molecule has 6 nitrogen and oxygen atoms in total. The quantitative estimate of drug-likeness (QED) is 0.408. The smallest absolute Gasteiger partial charge is 0.333 e. The van der Waals surface area contributed by atoms with Crippen molar-refractivity contribution < 1.29 is 9.53 Å². The predicted octanol–water partition coefficient (Wildman–Crippen LogP) is 5.18. The molecule has 0 aliphatic carbocycles. The lowest BCUT2D eigenvalue weighted by atomic mass is 10.0. The molecule has 2 aromatic heterocycles. The molecule has 178 valence electrons. The van der Waals surface area contributed by atoms with Crippen LogP contribution in [0.15, 0.2) is 37.6 Å². The average Bonchev–Trinajstić information content (AvgIpc) is 3.01. The Morgan fingerprint density at radius 3 is 2.27 bits per heavy atom. The molecule has 3 aromatic rings. The Bertz CT molecular complexity index is 1330. The Kier molecular flexibility index (Phi) is 7.10. The van der Waals surface area contributed by atoms with Gasteiger partial charge in [0.1, 0.15) is 16.0 Å². The highest BCUT2D eigenvalue weighted by molar-refractivity contribution is 9.11. The van der Waals surface area contributed by atoms with Crippen molar-refractivity contribution in [3.05, 3.63) is 65.6 Å². The molecule has 0 spiro atoms. The molecule has 8 heteroatoms. The zero-order valence-corrected chi connectivity index (χ0v) is 22.6. The Hall–Kier alpha value is -2.19. The molecular weight excluding hydrogens is 504 g/mol. The molecule has 3 rings (SSSR count). The maximum atomic E-state index is 13.7. The van der Waals surface area contributed by atoms with Crippen LogP contribution in [0.1, 0.15) is 58.2 Å². The van der Waals surface area contributed by atoms with Crippen molar-refractivity contribution in [1.82, 2.24) is 9.13 Å². The van der Waals surface area contributed by atoms with Gasteiger partial charge in [-0.1, -0.05) is 31.2 Å². The number of carbonyl (C=O) groups excluding carboxylic acids is 1. The van der Waals surface area contributed by atoms with Crippen LogP contribution in [0.3, 0.4) is 0 Å². The summed E-state index contributed by atoms with van der Waals surface area (Å²) in [6.45, 7) is 12.7. The highest BCUT2D eigenvalue weighted by Gasteiger charge is 2.38. The summed E-state index contributed by atoms with van der Waals surface area (Å²) in [6, 6.07) is 8.16. The van der Waals surface area contributed by atoms with E-state index in [1.165, 1.54) is 16.9 Å². The van der Waals surface area contributed by atoms with Gasteiger partial charge in [0.05, 0.1) is 9.17 Å². The van der Waals surface area contributed by atoms with E-state index in [0.717, 1.165) is 25.9 Å². The van der Waals surface area contributed by atoms with Crippen LogP contribution in [0.2, 0.25) is 0 Å². The third-order valence-electron chi connectivity index (χ3n) is 5.72. The molecule has 2 heterocycles. The number of aromatic nitrogens is 2. The number of nitrogens with zero attached hydrogens (tertiary/aromatic N) is 2. The van der Waals surface area contributed by atoms with Crippen molar-refractivity contribution in [2.45, 2.75) is 79.0 Å². The number of thiophene rings is 1. The number of halogens is 1. The van der Waals surface area contributed by atoms with E-state index in [9.17, 15) is 14.4 Å². The molecule has 0 saturated carbocycles. The number of esters is 1. The molecule has 0 amide bonds. The number of benzene rings is 1. The standard InChI is InChI=1S/C25H31BrN2O4S/c1-8-16-11-9-10-12-17(16)13-14-27-21-18(15(2)19(26)33-21)20(29)28(23(27)31)25(6,7)22(30)32-24(3,4)5/h9-12H,8,13-14H2,1-7H3. The number of carbonyl (C=O) groups is 1. The van der Waals surface area contributed by atoms with Crippen molar-refractivity contribution in [3.8, 4) is 0 Å². The van der Waals surface area contributed by atoms with Crippen LogP contribution < -0.4 is 11.2 Å². The Balaban J connectivity index is 2.22.